The molecule has 31 heteroatoms. The van der Waals surface area contributed by atoms with Crippen molar-refractivity contribution in [2.24, 2.45) is 0 Å². The molecule has 0 atom stereocenters. The minimum Gasteiger partial charge on any atom is -0.493 e. The number of hydrogen-bond donors (Lipinski definition) is 3. The molecule has 2 fully saturated rings. The van der Waals surface area contributed by atoms with Crippen molar-refractivity contribution in [1.82, 2.24) is 57.4 Å². The molecule has 0 spiro atoms. The number of carbonyl (C=O) groups excluding carboxylic acids is 4. The van der Waals surface area contributed by atoms with Crippen LogP contribution in [0.15, 0.2) is 257 Å². The first-order valence-corrected chi connectivity index (χ1v) is 47.6. The molecule has 0 radical (unpaired) electrons. The number of benzene rings is 10. The number of fused-ring (bicyclic) bond motifs is 6. The van der Waals surface area contributed by atoms with Gasteiger partial charge >= 0.3 is 22.8 Å². The quantitative estimate of drug-likeness (QED) is 0.0479. The number of hydrogen-bond acceptors (Lipinski definition) is 15. The van der Waals surface area contributed by atoms with E-state index in [2.05, 4.69) is 28.1 Å². The first-order chi connectivity index (χ1) is 66.5. The van der Waals surface area contributed by atoms with Crippen LogP contribution in [0.1, 0.15) is 137 Å². The van der Waals surface area contributed by atoms with Crippen LogP contribution in [0.5, 0.6) is 11.5 Å². The molecule has 1 aliphatic heterocycles. The highest BCUT2D eigenvalue weighted by atomic mass is 35.5. The Kier molecular flexibility index (Phi) is 31.4. The lowest BCUT2D eigenvalue weighted by Crippen LogP contribution is -2.42. The van der Waals surface area contributed by atoms with Gasteiger partial charge in [0.15, 0.2) is 11.5 Å². The molecule has 0 bridgehead atoms. The molecule has 3 aliphatic rings. The van der Waals surface area contributed by atoms with Gasteiger partial charge in [-0.25, -0.2) is 37.1 Å². The van der Waals surface area contributed by atoms with Gasteiger partial charge in [0.25, 0.3) is 22.2 Å². The molecule has 0 unspecified atom stereocenters. The normalized spacial score (nSPS) is 13.0. The molecule has 10 aromatic carbocycles. The number of methoxy groups -OCH3 is 2. The highest BCUT2D eigenvalue weighted by Gasteiger charge is 2.30. The summed E-state index contributed by atoms with van der Waals surface area (Å²) in [5.41, 5.74) is 9.12. The van der Waals surface area contributed by atoms with Crippen molar-refractivity contribution in [3.8, 4) is 22.9 Å². The number of nitrogens with one attached hydrogen (secondary N) is 3. The Bertz CT molecular complexity index is 7660. The summed E-state index contributed by atoms with van der Waals surface area (Å²) in [5, 5.41) is 11.8. The first kappa shape index (κ1) is 98.1. The second kappa shape index (κ2) is 44.2. The molecule has 2 aliphatic carbocycles. The van der Waals surface area contributed by atoms with Crippen LogP contribution in [0, 0.1) is 39.3 Å². The van der Waals surface area contributed by atoms with Crippen LogP contribution in [0.25, 0.3) is 54.3 Å². The molecule has 712 valence electrons. The van der Waals surface area contributed by atoms with E-state index in [0.29, 0.717) is 120 Å². The first-order valence-electron chi connectivity index (χ1n) is 46.0. The third-order valence-electron chi connectivity index (χ3n) is 25.6. The molecule has 26 nitrogen and oxygen atoms in total. The van der Waals surface area contributed by atoms with Crippen molar-refractivity contribution >= 4 is 101 Å². The fourth-order valence-corrected chi connectivity index (χ4v) is 20.0. The topological polar surface area (TPSA) is 302 Å². The maximum absolute atomic E-state index is 13.8. The van der Waals surface area contributed by atoms with Gasteiger partial charge in [0.1, 0.15) is 16.5 Å². The molecular formula is C107H106Cl2F2N12O14S. The summed E-state index contributed by atoms with van der Waals surface area (Å²) in [6.45, 7) is 11.7. The number of aromatic nitrogens is 8. The van der Waals surface area contributed by atoms with E-state index < -0.39 is 33.9 Å². The lowest BCUT2D eigenvalue weighted by Gasteiger charge is -2.25. The second-order valence-electron chi connectivity index (χ2n) is 34.9. The highest BCUT2D eigenvalue weighted by molar-refractivity contribution is 7.18. The zero-order chi connectivity index (χ0) is 97.7. The molecule has 4 amide bonds. The lowest BCUT2D eigenvalue weighted by molar-refractivity contribution is -0.129. The van der Waals surface area contributed by atoms with Gasteiger partial charge in [-0.1, -0.05) is 170 Å². The third kappa shape index (κ3) is 22.3. The Balaban J connectivity index is 0.000000140. The number of carbonyl (C=O) groups is 4. The Morgan fingerprint density at radius 2 is 0.949 bits per heavy atom. The zero-order valence-electron chi connectivity index (χ0n) is 77.7. The number of ether oxygens (including phenoxy) is 2. The largest absolute Gasteiger partial charge is 0.493 e. The number of halogens is 4. The fourth-order valence-electron chi connectivity index (χ4n) is 18.3. The van der Waals surface area contributed by atoms with Crippen LogP contribution in [-0.4, -0.2) is 104 Å². The average Bonchev–Trinajstić information content (AvgIpc) is 1.56. The molecule has 18 rings (SSSR count). The summed E-state index contributed by atoms with van der Waals surface area (Å²) in [5.74, 6) is 0.145. The Hall–Kier alpha value is -14.4. The molecular weight excluding hydrogens is 1820 g/mol. The maximum Gasteiger partial charge on any atom is 0.337 e. The molecule has 3 N–H and O–H groups in total. The van der Waals surface area contributed by atoms with Gasteiger partial charge in [-0.05, 0) is 225 Å². The van der Waals surface area contributed by atoms with E-state index in [-0.39, 0.29) is 110 Å². The second-order valence-corrected chi connectivity index (χ2v) is 36.8. The monoisotopic (exact) mass is 1920 g/mol. The van der Waals surface area contributed by atoms with Crippen molar-refractivity contribution in [3.63, 3.8) is 0 Å². The van der Waals surface area contributed by atoms with Crippen LogP contribution in [0.2, 0.25) is 10.0 Å². The standard InChI is InChI=1S/C31H35N3O5.C28H26ClN3O3.C25H21ClFN3O3S.C23H24FN3O3/c1-20-16-21(2)25(22(3)17-20)19-34-26-9-7-6-8-24(26)30(36)33(31(34)37)15-13-29(35)32-14-12-23-10-11-27(38-4)28(18-23)39-5;29-24-11-5-1-7-20(24)18-31-25-12-6-4-10-23(25)27(34)32(28(31)35)22-15-13-19(14-16-22)17-26(33)30-21-8-2-3-9-21;1-14-19(26)4-3-5-20(14)30-23(32)22-18-10-11-28(15(2)31)13-21(18)34-24(22)29(25(30)33)12-16-6-8-17(27)9-7-16;24-17-11-9-16(10-12-17)15-27-20-8-4-3-7-19(20)22(29)26(23(27)30)14-13-21(28)25-18-5-1-2-6-18/h6-11,16-18H,12-15,19H2,1-5H3,(H,32,35);1,4-7,10-16,21H,2-3,8-9,17-18H2,(H,30,33);3-9H,10-13H2,1-2H3;3-4,7-12,18H,1-2,5-6,13-15H2,(H,25,28). The Morgan fingerprint density at radius 3 is 1.51 bits per heavy atom. The molecule has 138 heavy (non-hydrogen) atoms. The fraction of sp³-hybridized carbons (Fsp3) is 0.290. The Morgan fingerprint density at radius 1 is 0.464 bits per heavy atom. The third-order valence-corrected chi connectivity index (χ3v) is 27.6. The Labute approximate surface area is 806 Å². The van der Waals surface area contributed by atoms with E-state index in [1.54, 1.807) is 179 Å². The van der Waals surface area contributed by atoms with Gasteiger partial charge in [-0.15, -0.1) is 11.3 Å². The molecule has 5 aromatic heterocycles. The van der Waals surface area contributed by atoms with Crippen molar-refractivity contribution in [2.45, 2.75) is 176 Å². The molecule has 0 saturated heterocycles. The summed E-state index contributed by atoms with van der Waals surface area (Å²) in [6, 6.07) is 62.7. The maximum atomic E-state index is 13.8. The van der Waals surface area contributed by atoms with Crippen LogP contribution < -0.4 is 70.4 Å². The van der Waals surface area contributed by atoms with Crippen molar-refractivity contribution < 1.29 is 37.4 Å². The molecule has 2 saturated carbocycles. The minimum absolute atomic E-state index is 0.00342. The summed E-state index contributed by atoms with van der Waals surface area (Å²) in [4.78, 5) is 160. The summed E-state index contributed by atoms with van der Waals surface area (Å²) >= 11 is 14.0. The van der Waals surface area contributed by atoms with E-state index in [9.17, 15) is 66.3 Å². The van der Waals surface area contributed by atoms with Crippen molar-refractivity contribution in [3.05, 3.63) is 389 Å². The van der Waals surface area contributed by atoms with Crippen LogP contribution in [-0.2, 0) is 84.3 Å². The average molecular weight is 1930 g/mol. The predicted molar refractivity (Wildman–Crippen MR) is 536 cm³/mol. The van der Waals surface area contributed by atoms with Gasteiger partial charge < -0.3 is 30.3 Å². The number of amides is 4. The number of aryl methyl sites for hydroxylation is 3. The van der Waals surface area contributed by atoms with Gasteiger partial charge in [0.05, 0.1) is 103 Å². The number of rotatable bonds is 25. The number of para-hydroxylation sites is 3. The van der Waals surface area contributed by atoms with Gasteiger partial charge in [-0.3, -0.25) is 65.8 Å². The molecule has 6 heterocycles. The molecule has 15 aromatic rings. The minimum atomic E-state index is -0.491. The van der Waals surface area contributed by atoms with Gasteiger partial charge in [0, 0.05) is 73.0 Å². The zero-order valence-corrected chi connectivity index (χ0v) is 80.0. The van der Waals surface area contributed by atoms with Crippen molar-refractivity contribution in [1.29, 1.82) is 0 Å². The van der Waals surface area contributed by atoms with Crippen molar-refractivity contribution in [2.75, 3.05) is 27.3 Å². The van der Waals surface area contributed by atoms with Gasteiger partial charge in [-0.2, -0.15) is 0 Å². The van der Waals surface area contributed by atoms with E-state index in [1.165, 1.54) is 60.8 Å². The summed E-state index contributed by atoms with van der Waals surface area (Å²) in [6.07, 6.45) is 10.1. The summed E-state index contributed by atoms with van der Waals surface area (Å²) < 4.78 is 48.2. The smallest absolute Gasteiger partial charge is 0.337 e. The number of thiophene rings is 1. The van der Waals surface area contributed by atoms with E-state index >= 15 is 0 Å². The van der Waals surface area contributed by atoms with Crippen LogP contribution in [0.4, 0.5) is 8.78 Å². The summed E-state index contributed by atoms with van der Waals surface area (Å²) in [7, 11) is 3.16. The van der Waals surface area contributed by atoms with Crippen LogP contribution in [0.3, 0.4) is 0 Å². The van der Waals surface area contributed by atoms with E-state index in [0.717, 1.165) is 116 Å². The predicted octanol–water partition coefficient (Wildman–Crippen LogP) is 15.4. The van der Waals surface area contributed by atoms with Gasteiger partial charge in [0.2, 0.25) is 23.6 Å². The van der Waals surface area contributed by atoms with E-state index in [1.807, 2.05) is 63.2 Å². The highest BCUT2D eigenvalue weighted by Crippen LogP contribution is 2.35. The van der Waals surface area contributed by atoms with Crippen LogP contribution >= 0.6 is 34.5 Å². The SMILES string of the molecule is CC(=O)N1CCc2c(sc3c2c(=O)n(-c2cccc(Cl)c2C)c(=O)n3Cc2ccc(F)cc2)C1.COc1ccc(CCNC(=O)CCn2c(=O)c3ccccc3n(Cc3c(C)cc(C)cc3C)c2=O)cc1OC.O=C(CCn1c(=O)c2ccccc2n(Cc2ccc(F)cc2)c1=O)NC1CCCC1.O=C(Cc1ccc(-n2c(=O)c3ccccc3n(Cc3ccccc3Cl)c2=O)cc1)NC1CCCC1. The number of nitrogens with zero attached hydrogens (tertiary/aromatic N) is 9. The van der Waals surface area contributed by atoms with E-state index in [4.69, 9.17) is 32.7 Å². The lowest BCUT2D eigenvalue weighted by atomic mass is 9.99.